The van der Waals surface area contributed by atoms with E-state index in [2.05, 4.69) is 0 Å². The fraction of sp³-hybridized carbons (Fsp3) is 0. The molecule has 0 saturated heterocycles. The summed E-state index contributed by atoms with van der Waals surface area (Å²) < 4.78 is 17.5. The van der Waals surface area contributed by atoms with Crippen LogP contribution in [0.4, 0.5) is 0 Å². The second kappa shape index (κ2) is 13.5. The van der Waals surface area contributed by atoms with Crippen molar-refractivity contribution in [2.24, 2.45) is 0 Å². The Hall–Kier alpha value is -1.68. The zero-order valence-corrected chi connectivity index (χ0v) is 17.0. The molecule has 0 spiro atoms. The van der Waals surface area contributed by atoms with Gasteiger partial charge in [0.1, 0.15) is 17.2 Å². The zero-order valence-electron chi connectivity index (χ0n) is 14.0. The molecule has 1 radical (unpaired) electrons. The van der Waals surface area contributed by atoms with Crippen molar-refractivity contribution in [1.82, 2.24) is 0 Å². The van der Waals surface area contributed by atoms with Gasteiger partial charge in [-0.05, 0) is 36.4 Å². The summed E-state index contributed by atoms with van der Waals surface area (Å²) in [5.41, 5.74) is 0. The monoisotopic (exact) mass is 447 g/mol. The van der Waals surface area contributed by atoms with Crippen LogP contribution in [0, 0.1) is 0 Å². The molecule has 0 unspecified atom stereocenters. The summed E-state index contributed by atoms with van der Waals surface area (Å²) in [5.74, 6) is 2.13. The van der Waals surface area contributed by atoms with Crippen LogP contribution in [0.3, 0.4) is 0 Å². The number of benzene rings is 3. The van der Waals surface area contributed by atoms with Crippen molar-refractivity contribution in [2.75, 3.05) is 0 Å². The molecule has 27 heavy (non-hydrogen) atoms. The van der Waals surface area contributed by atoms with E-state index in [1.807, 2.05) is 91.0 Å². The van der Waals surface area contributed by atoms with E-state index in [1.165, 1.54) is 0 Å². The average molecular weight is 447 g/mol. The molecule has 3 rings (SSSR count). The topological polar surface area (TPSA) is 88.4 Å². The van der Waals surface area contributed by atoms with Gasteiger partial charge in [-0.15, -0.1) is 0 Å². The van der Waals surface area contributed by atoms with Crippen LogP contribution < -0.4 is 13.6 Å². The Morgan fingerprint density at radius 1 is 0.481 bits per heavy atom. The van der Waals surface area contributed by atoms with Crippen molar-refractivity contribution in [3.05, 3.63) is 91.0 Å². The third-order valence-electron chi connectivity index (χ3n) is 2.77. The number of hydrogen-bond acceptors (Lipinski definition) is 6. The van der Waals surface area contributed by atoms with Crippen LogP contribution in [0.25, 0.3) is 0 Å². The van der Waals surface area contributed by atoms with Gasteiger partial charge in [0, 0.05) is 17.1 Å². The molecule has 0 bridgehead atoms. The maximum atomic E-state index is 7.23. The van der Waals surface area contributed by atoms with E-state index >= 15 is 0 Å². The largest absolute Gasteiger partial charge is 0.530 e. The zero-order chi connectivity index (χ0) is 18.6. The summed E-state index contributed by atoms with van der Waals surface area (Å²) >= 11 is 0. The minimum absolute atomic E-state index is 0. The molecule has 0 saturated carbocycles. The normalized spacial score (nSPS) is 9.67. The van der Waals surface area contributed by atoms with Gasteiger partial charge in [-0.2, -0.15) is 0 Å². The first-order valence-corrected chi connectivity index (χ1v) is 9.79. The first-order chi connectivity index (χ1) is 12.6. The Balaban J connectivity index is 0.000000666. The first kappa shape index (κ1) is 23.4. The predicted octanol–water partition coefficient (Wildman–Crippen LogP) is 4.64. The van der Waals surface area contributed by atoms with Crippen molar-refractivity contribution < 1.29 is 45.3 Å². The van der Waals surface area contributed by atoms with Crippen LogP contribution >= 0.6 is 17.2 Å². The van der Waals surface area contributed by atoms with Gasteiger partial charge in [0.15, 0.2) is 0 Å². The summed E-state index contributed by atoms with van der Waals surface area (Å²) in [4.78, 5) is 21.7. The molecule has 0 fully saturated rings. The molecule has 6 nitrogen and oxygen atoms in total. The molecule has 3 aromatic carbocycles. The van der Waals surface area contributed by atoms with Crippen molar-refractivity contribution in [2.45, 2.75) is 0 Å². The summed E-state index contributed by atoms with van der Waals surface area (Å²) in [5, 5.41) is 0. The van der Waals surface area contributed by atoms with Crippen LogP contribution in [0.1, 0.15) is 0 Å². The van der Waals surface area contributed by atoms with Gasteiger partial charge < -0.3 is 28.3 Å². The molecule has 3 aromatic rings. The molecule has 0 aliphatic carbocycles. The molecule has 0 aliphatic heterocycles. The van der Waals surface area contributed by atoms with Gasteiger partial charge in [-0.25, -0.2) is 0 Å². The first-order valence-electron chi connectivity index (χ1n) is 7.49. The van der Waals surface area contributed by atoms with Crippen LogP contribution in [-0.2, 0) is 17.1 Å². The smallest absolute Gasteiger partial charge is 0.409 e. The Kier molecular flexibility index (Phi) is 11.7. The third-order valence-corrected chi connectivity index (χ3v) is 3.85. The number of rotatable bonds is 6. The van der Waals surface area contributed by atoms with E-state index in [4.69, 9.17) is 28.3 Å². The minimum atomic E-state index is -2.62. The van der Waals surface area contributed by atoms with Gasteiger partial charge in [-0.3, -0.25) is 0 Å². The van der Waals surface area contributed by atoms with E-state index in [9.17, 15) is 0 Å². The summed E-state index contributed by atoms with van der Waals surface area (Å²) in [7, 11) is -4.21. The van der Waals surface area contributed by atoms with Crippen molar-refractivity contribution in [3.8, 4) is 17.2 Å². The van der Waals surface area contributed by atoms with Crippen LogP contribution in [0.5, 0.6) is 17.2 Å². The maximum Gasteiger partial charge on any atom is 0.530 e. The number of para-hydroxylation sites is 3. The quantitative estimate of drug-likeness (QED) is 0.377. The van der Waals surface area contributed by atoms with E-state index in [1.54, 1.807) is 0 Å². The van der Waals surface area contributed by atoms with Gasteiger partial charge in [0.25, 0.3) is 0 Å². The molecule has 0 atom stereocenters. The summed E-state index contributed by atoms with van der Waals surface area (Å²) in [6.07, 6.45) is 0. The van der Waals surface area contributed by atoms with Gasteiger partial charge in [0.2, 0.25) is 0 Å². The second-order valence-electron chi connectivity index (χ2n) is 4.70. The van der Waals surface area contributed by atoms with Crippen molar-refractivity contribution >= 4 is 17.2 Å². The SMILES string of the molecule is OP(O)O.[Mn].c1ccc(OP(Oc2ccccc2)Oc2ccccc2)cc1. The van der Waals surface area contributed by atoms with Gasteiger partial charge in [-0.1, -0.05) is 54.6 Å². The Morgan fingerprint density at radius 3 is 0.926 bits per heavy atom. The van der Waals surface area contributed by atoms with Crippen LogP contribution in [-0.4, -0.2) is 14.7 Å². The molecule has 0 aliphatic rings. The van der Waals surface area contributed by atoms with E-state index in [-0.39, 0.29) is 17.1 Å². The van der Waals surface area contributed by atoms with E-state index in [0.717, 1.165) is 0 Å². The average Bonchev–Trinajstić information content (AvgIpc) is 2.64. The minimum Gasteiger partial charge on any atom is -0.409 e. The van der Waals surface area contributed by atoms with Crippen molar-refractivity contribution in [1.29, 1.82) is 0 Å². The van der Waals surface area contributed by atoms with E-state index in [0.29, 0.717) is 17.2 Å². The molecule has 0 amide bonds. The summed E-state index contributed by atoms with van der Waals surface area (Å²) in [6.45, 7) is 0. The standard InChI is InChI=1S/C18H15O3P.Mn.H3O3P/c1-4-10-16(11-5-1)19-22(20-17-12-6-2-7-13-17)21-18-14-8-3-9-15-18;;1-4(2)3/h1-15H;;1-3H. The number of hydrogen-bond donors (Lipinski definition) is 3. The Morgan fingerprint density at radius 2 is 0.704 bits per heavy atom. The van der Waals surface area contributed by atoms with Gasteiger partial charge in [0.05, 0.1) is 0 Å². The Labute approximate surface area is 170 Å². The van der Waals surface area contributed by atoms with Crippen LogP contribution in [0.2, 0.25) is 0 Å². The second-order valence-corrected chi connectivity index (χ2v) is 6.24. The molecule has 143 valence electrons. The molecular formula is C18H18MnO6P2. The van der Waals surface area contributed by atoms with Crippen LogP contribution in [0.15, 0.2) is 91.0 Å². The predicted molar refractivity (Wildman–Crippen MR) is 102 cm³/mol. The fourth-order valence-electron chi connectivity index (χ4n) is 1.76. The Bertz CT molecular complexity index is 633. The molecule has 0 heterocycles. The molecule has 3 N–H and O–H groups in total. The fourth-order valence-corrected chi connectivity index (χ4v) is 2.75. The molecule has 9 heteroatoms. The maximum absolute atomic E-state index is 7.23. The van der Waals surface area contributed by atoms with Gasteiger partial charge >= 0.3 is 17.2 Å². The molecule has 0 aromatic heterocycles. The van der Waals surface area contributed by atoms with Crippen molar-refractivity contribution in [3.63, 3.8) is 0 Å². The molecular weight excluding hydrogens is 429 g/mol. The van der Waals surface area contributed by atoms with E-state index < -0.39 is 17.2 Å². The summed E-state index contributed by atoms with van der Waals surface area (Å²) in [6, 6.07) is 28.5. The third kappa shape index (κ3) is 10.3.